The monoisotopic (exact) mass is 432 g/mol. The lowest BCUT2D eigenvalue weighted by molar-refractivity contribution is -0.122. The van der Waals surface area contributed by atoms with Crippen molar-refractivity contribution in [3.8, 4) is 0 Å². The average molecular weight is 433 g/mol. The Bertz CT molecular complexity index is 1190. The van der Waals surface area contributed by atoms with E-state index in [1.54, 1.807) is 15.5 Å². The Labute approximate surface area is 188 Å². The number of aryl methyl sites for hydroxylation is 1. The summed E-state index contributed by atoms with van der Waals surface area (Å²) in [5.41, 5.74) is 4.73. The molecular weight excluding hydrogens is 403 g/mol. The van der Waals surface area contributed by atoms with Crippen LogP contribution in [0, 0.1) is 24.6 Å². The van der Waals surface area contributed by atoms with Gasteiger partial charge in [-0.15, -0.1) is 0 Å². The Kier molecular flexibility index (Phi) is 5.33. The lowest BCUT2D eigenvalue weighted by Gasteiger charge is -2.34. The second kappa shape index (κ2) is 8.17. The van der Waals surface area contributed by atoms with Crippen molar-refractivity contribution in [1.29, 1.82) is 0 Å². The molecule has 1 unspecified atom stereocenters. The van der Waals surface area contributed by atoms with E-state index < -0.39 is 0 Å². The van der Waals surface area contributed by atoms with Gasteiger partial charge in [-0.05, 0) is 70.3 Å². The second-order valence-corrected chi connectivity index (χ2v) is 9.30. The van der Waals surface area contributed by atoms with Gasteiger partial charge in [0.1, 0.15) is 0 Å². The number of likely N-dealkylation sites (tertiary alicyclic amines) is 1. The van der Waals surface area contributed by atoms with Crippen LogP contribution in [0.4, 0.5) is 4.39 Å². The molecule has 5 nitrogen and oxygen atoms in total. The smallest absolute Gasteiger partial charge is 0.255 e. The molecule has 3 aliphatic heterocycles. The van der Waals surface area contributed by atoms with E-state index in [1.807, 2.05) is 37.5 Å². The van der Waals surface area contributed by atoms with Crippen molar-refractivity contribution in [2.24, 2.45) is 11.8 Å². The molecule has 2 aromatic rings. The minimum absolute atomic E-state index is 0.0291. The van der Waals surface area contributed by atoms with E-state index in [0.29, 0.717) is 23.0 Å². The first-order valence-corrected chi connectivity index (χ1v) is 11.4. The zero-order chi connectivity index (χ0) is 22.4. The van der Waals surface area contributed by atoms with Crippen LogP contribution in [0.15, 0.2) is 60.2 Å². The quantitative estimate of drug-likeness (QED) is 0.690. The highest BCUT2D eigenvalue weighted by molar-refractivity contribution is 5.94. The molecule has 0 saturated carbocycles. The number of carbonyl (C=O) groups excluding carboxylic acids is 1. The number of aromatic nitrogens is 2. The van der Waals surface area contributed by atoms with Gasteiger partial charge in [0.15, 0.2) is 11.5 Å². The number of carbonyl (C=O) groups is 1. The van der Waals surface area contributed by atoms with Gasteiger partial charge in [-0.3, -0.25) is 9.69 Å². The standard InChI is InChI=1S/C26H29FN4O/c1-17-4-6-22-7-5-20(21-12-24(27)26-28-18(2)14-30(26)15-21)16-31(22)25(32)13-23(17)19-8-10-29(3)11-9-19/h5-7,12-17,19H,4,8-11H2,1-3H3. The van der Waals surface area contributed by atoms with Crippen LogP contribution >= 0.6 is 0 Å². The number of pyridine rings is 1. The summed E-state index contributed by atoms with van der Waals surface area (Å²) in [6.45, 7) is 6.21. The molecule has 0 spiro atoms. The summed E-state index contributed by atoms with van der Waals surface area (Å²) in [6.07, 6.45) is 16.5. The summed E-state index contributed by atoms with van der Waals surface area (Å²) in [4.78, 5) is 21.6. The van der Waals surface area contributed by atoms with Crippen LogP contribution in [0.3, 0.4) is 0 Å². The van der Waals surface area contributed by atoms with Crippen molar-refractivity contribution in [3.05, 3.63) is 77.3 Å². The molecule has 166 valence electrons. The van der Waals surface area contributed by atoms with E-state index in [0.717, 1.165) is 49.3 Å². The minimum atomic E-state index is -0.372. The molecule has 1 fully saturated rings. The van der Waals surface area contributed by atoms with Crippen molar-refractivity contribution in [2.45, 2.75) is 33.1 Å². The molecule has 32 heavy (non-hydrogen) atoms. The zero-order valence-corrected chi connectivity index (χ0v) is 18.9. The van der Waals surface area contributed by atoms with Crippen LogP contribution in [0.1, 0.15) is 37.4 Å². The largest absolute Gasteiger partial charge is 0.306 e. The average Bonchev–Trinajstić information content (AvgIpc) is 3.16. The molecule has 6 heteroatoms. The lowest BCUT2D eigenvalue weighted by atomic mass is 9.80. The molecule has 5 heterocycles. The number of hydrogen-bond acceptors (Lipinski definition) is 3. The minimum Gasteiger partial charge on any atom is -0.306 e. The van der Waals surface area contributed by atoms with E-state index in [-0.39, 0.29) is 11.7 Å². The Morgan fingerprint density at radius 2 is 1.94 bits per heavy atom. The molecule has 2 aromatic heterocycles. The van der Waals surface area contributed by atoms with Gasteiger partial charge in [0.05, 0.1) is 5.69 Å². The van der Waals surface area contributed by atoms with E-state index in [1.165, 1.54) is 11.6 Å². The third-order valence-corrected chi connectivity index (χ3v) is 6.91. The first kappa shape index (κ1) is 20.9. The fourth-order valence-corrected chi connectivity index (χ4v) is 5.03. The maximum Gasteiger partial charge on any atom is 0.255 e. The van der Waals surface area contributed by atoms with Gasteiger partial charge in [-0.2, -0.15) is 0 Å². The summed E-state index contributed by atoms with van der Waals surface area (Å²) >= 11 is 0. The molecule has 0 radical (unpaired) electrons. The summed E-state index contributed by atoms with van der Waals surface area (Å²) < 4.78 is 16.3. The first-order chi connectivity index (χ1) is 15.4. The topological polar surface area (TPSA) is 40.9 Å². The van der Waals surface area contributed by atoms with Gasteiger partial charge in [0, 0.05) is 41.5 Å². The van der Waals surface area contributed by atoms with Gasteiger partial charge in [0.2, 0.25) is 0 Å². The van der Waals surface area contributed by atoms with E-state index in [9.17, 15) is 9.18 Å². The number of piperidine rings is 1. The first-order valence-electron chi connectivity index (χ1n) is 11.4. The Morgan fingerprint density at radius 1 is 1.16 bits per heavy atom. The fourth-order valence-electron chi connectivity index (χ4n) is 5.03. The van der Waals surface area contributed by atoms with Crippen molar-refractivity contribution in [3.63, 3.8) is 0 Å². The molecule has 5 rings (SSSR count). The van der Waals surface area contributed by atoms with Crippen LogP contribution in [-0.2, 0) is 4.79 Å². The third-order valence-electron chi connectivity index (χ3n) is 6.91. The van der Waals surface area contributed by atoms with Crippen LogP contribution in [0.25, 0.3) is 11.2 Å². The Balaban J connectivity index is 1.48. The third kappa shape index (κ3) is 3.84. The maximum absolute atomic E-state index is 14.6. The van der Waals surface area contributed by atoms with Crippen LogP contribution in [0.5, 0.6) is 0 Å². The van der Waals surface area contributed by atoms with Crippen LogP contribution in [-0.4, -0.2) is 45.2 Å². The van der Waals surface area contributed by atoms with Crippen molar-refractivity contribution < 1.29 is 9.18 Å². The SMILES string of the molecule is Cc1cn2cc(C3=CN4C(=O)C=C(C5CCN(C)CC5)C(C)CC=C4C=C3)cc(F)c2n1. The summed E-state index contributed by atoms with van der Waals surface area (Å²) in [5.74, 6) is 0.411. The number of nitrogens with zero attached hydrogens (tertiary/aromatic N) is 4. The van der Waals surface area contributed by atoms with Gasteiger partial charge >= 0.3 is 0 Å². The maximum atomic E-state index is 14.6. The van der Waals surface area contributed by atoms with Crippen LogP contribution < -0.4 is 0 Å². The van der Waals surface area contributed by atoms with Gasteiger partial charge in [-0.1, -0.05) is 24.6 Å². The van der Waals surface area contributed by atoms with Gasteiger partial charge < -0.3 is 9.30 Å². The molecular formula is C26H29FN4O. The molecule has 1 atom stereocenters. The van der Waals surface area contributed by atoms with E-state index >= 15 is 0 Å². The molecule has 0 N–H and O–H groups in total. The number of amides is 1. The Morgan fingerprint density at radius 3 is 2.72 bits per heavy atom. The second-order valence-electron chi connectivity index (χ2n) is 9.30. The number of allylic oxidation sites excluding steroid dienone is 5. The van der Waals surface area contributed by atoms with Crippen molar-refractivity contribution in [1.82, 2.24) is 19.2 Å². The predicted molar refractivity (Wildman–Crippen MR) is 124 cm³/mol. The number of fused-ring (bicyclic) bond motifs is 2. The normalized spacial score (nSPS) is 22.9. The highest BCUT2D eigenvalue weighted by atomic mass is 19.1. The molecule has 0 aliphatic carbocycles. The highest BCUT2D eigenvalue weighted by Crippen LogP contribution is 2.35. The number of hydrogen-bond donors (Lipinski definition) is 0. The fraction of sp³-hybridized carbons (Fsp3) is 0.385. The number of halogens is 1. The number of rotatable bonds is 2. The molecule has 1 amide bonds. The zero-order valence-electron chi connectivity index (χ0n) is 18.9. The number of imidazole rings is 1. The lowest BCUT2D eigenvalue weighted by Crippen LogP contribution is -2.33. The van der Waals surface area contributed by atoms with Crippen molar-refractivity contribution in [2.75, 3.05) is 20.1 Å². The molecule has 0 aromatic carbocycles. The molecule has 0 bridgehead atoms. The van der Waals surface area contributed by atoms with Crippen LogP contribution in [0.2, 0.25) is 0 Å². The van der Waals surface area contributed by atoms with E-state index in [4.69, 9.17) is 0 Å². The summed E-state index contributed by atoms with van der Waals surface area (Å²) in [5, 5.41) is 0. The predicted octanol–water partition coefficient (Wildman–Crippen LogP) is 4.71. The van der Waals surface area contributed by atoms with Gasteiger partial charge in [-0.25, -0.2) is 9.37 Å². The van der Waals surface area contributed by atoms with Gasteiger partial charge in [0.25, 0.3) is 5.91 Å². The highest BCUT2D eigenvalue weighted by Gasteiger charge is 2.28. The summed E-state index contributed by atoms with van der Waals surface area (Å²) in [7, 11) is 2.16. The van der Waals surface area contributed by atoms with E-state index in [2.05, 4.69) is 29.9 Å². The Hall–Kier alpha value is -2.99. The van der Waals surface area contributed by atoms with Crippen molar-refractivity contribution >= 4 is 17.1 Å². The molecule has 1 saturated heterocycles. The molecule has 3 aliphatic rings. The summed E-state index contributed by atoms with van der Waals surface area (Å²) in [6, 6.07) is 1.49.